The molecule has 0 saturated carbocycles. The van der Waals surface area contributed by atoms with Gasteiger partial charge >= 0.3 is 0 Å². The summed E-state index contributed by atoms with van der Waals surface area (Å²) in [6.45, 7) is 0.996. The summed E-state index contributed by atoms with van der Waals surface area (Å²) >= 11 is 3.14. The molecule has 5 heteroatoms. The van der Waals surface area contributed by atoms with Gasteiger partial charge in [-0.2, -0.15) is 0 Å². The summed E-state index contributed by atoms with van der Waals surface area (Å²) in [5.41, 5.74) is 0. The molecule has 0 fully saturated rings. The van der Waals surface area contributed by atoms with Gasteiger partial charge in [-0.3, -0.25) is 4.79 Å². The van der Waals surface area contributed by atoms with Gasteiger partial charge in [-0.05, 0) is 12.1 Å². The lowest BCUT2D eigenvalue weighted by atomic mass is 10.2. The normalized spacial score (nSPS) is 17.6. The summed E-state index contributed by atoms with van der Waals surface area (Å²) in [7, 11) is 1.76. The lowest BCUT2D eigenvalue weighted by Gasteiger charge is -2.29. The number of hydrogen-bond acceptors (Lipinski definition) is 3. The molecule has 92 valence electrons. The highest BCUT2D eigenvalue weighted by molar-refractivity contribution is 9.09. The van der Waals surface area contributed by atoms with Crippen molar-refractivity contribution in [1.82, 2.24) is 4.90 Å². The van der Waals surface area contributed by atoms with Gasteiger partial charge in [0.2, 0.25) is 5.91 Å². The van der Waals surface area contributed by atoms with Gasteiger partial charge in [-0.1, -0.05) is 28.1 Å². The number of benzene rings is 1. The second kappa shape index (κ2) is 5.40. The van der Waals surface area contributed by atoms with E-state index in [1.165, 1.54) is 0 Å². The van der Waals surface area contributed by atoms with Crippen molar-refractivity contribution in [3.8, 4) is 11.5 Å². The van der Waals surface area contributed by atoms with Crippen LogP contribution >= 0.6 is 15.9 Å². The van der Waals surface area contributed by atoms with Crippen molar-refractivity contribution < 1.29 is 14.3 Å². The summed E-state index contributed by atoms with van der Waals surface area (Å²) in [5, 5.41) is 0.327. The minimum Gasteiger partial charge on any atom is -0.486 e. The molecule has 0 bridgehead atoms. The molecule has 1 aromatic carbocycles. The molecule has 0 aliphatic carbocycles. The van der Waals surface area contributed by atoms with Crippen LogP contribution in [0.4, 0.5) is 0 Å². The molecule has 2 rings (SSSR count). The SMILES string of the molecule is CN(CC1COc2ccccc2O1)C(=O)CBr. The Hall–Kier alpha value is -1.23. The molecule has 1 aliphatic heterocycles. The van der Waals surface area contributed by atoms with Crippen LogP contribution in [0.5, 0.6) is 11.5 Å². The Labute approximate surface area is 109 Å². The Bertz CT molecular complexity index is 410. The van der Waals surface area contributed by atoms with Crippen molar-refractivity contribution in [2.45, 2.75) is 6.10 Å². The Kier molecular flexibility index (Phi) is 3.89. The van der Waals surface area contributed by atoms with E-state index in [-0.39, 0.29) is 12.0 Å². The maximum Gasteiger partial charge on any atom is 0.233 e. The molecule has 1 aliphatic rings. The number of ether oxygens (including phenoxy) is 2. The molecule has 1 unspecified atom stereocenters. The van der Waals surface area contributed by atoms with E-state index in [0.717, 1.165) is 11.5 Å². The maximum atomic E-state index is 11.4. The zero-order valence-electron chi connectivity index (χ0n) is 9.56. The monoisotopic (exact) mass is 299 g/mol. The summed E-state index contributed by atoms with van der Waals surface area (Å²) < 4.78 is 11.3. The number of halogens is 1. The number of alkyl halides is 1. The lowest BCUT2D eigenvalue weighted by molar-refractivity contribution is -0.128. The average molecular weight is 300 g/mol. The molecule has 0 spiro atoms. The molecule has 4 nitrogen and oxygen atoms in total. The van der Waals surface area contributed by atoms with Crippen LogP contribution in [0.25, 0.3) is 0 Å². The third-order valence-electron chi connectivity index (χ3n) is 2.59. The van der Waals surface area contributed by atoms with Crippen LogP contribution in [-0.2, 0) is 4.79 Å². The first-order chi connectivity index (χ1) is 8.20. The second-order valence-corrected chi connectivity index (χ2v) is 4.47. The standard InChI is InChI=1S/C12H14BrNO3/c1-14(12(15)6-13)7-9-8-16-10-4-2-3-5-11(10)17-9/h2-5,9H,6-8H2,1H3. The Morgan fingerprint density at radius 2 is 2.18 bits per heavy atom. The molecule has 1 atom stereocenters. The first kappa shape index (κ1) is 12.2. The van der Waals surface area contributed by atoms with Crippen LogP contribution in [0.1, 0.15) is 0 Å². The number of nitrogens with zero attached hydrogens (tertiary/aromatic N) is 1. The second-order valence-electron chi connectivity index (χ2n) is 3.91. The van der Waals surface area contributed by atoms with Crippen LogP contribution in [0, 0.1) is 0 Å². The first-order valence-corrected chi connectivity index (χ1v) is 6.51. The van der Waals surface area contributed by atoms with Crippen LogP contribution < -0.4 is 9.47 Å². The van der Waals surface area contributed by atoms with Crippen LogP contribution in [-0.4, -0.2) is 42.4 Å². The van der Waals surface area contributed by atoms with E-state index in [1.54, 1.807) is 11.9 Å². The quantitative estimate of drug-likeness (QED) is 0.797. The fraction of sp³-hybridized carbons (Fsp3) is 0.417. The van der Waals surface area contributed by atoms with Gasteiger partial charge < -0.3 is 14.4 Å². The number of fused-ring (bicyclic) bond motifs is 1. The average Bonchev–Trinajstić information content (AvgIpc) is 2.37. The van der Waals surface area contributed by atoms with Gasteiger partial charge in [0, 0.05) is 7.05 Å². The van der Waals surface area contributed by atoms with E-state index in [2.05, 4.69) is 15.9 Å². The van der Waals surface area contributed by atoms with Crippen LogP contribution in [0.3, 0.4) is 0 Å². The zero-order valence-corrected chi connectivity index (χ0v) is 11.1. The van der Waals surface area contributed by atoms with E-state index in [1.807, 2.05) is 24.3 Å². The molecule has 0 saturated heterocycles. The molecular formula is C12H14BrNO3. The Morgan fingerprint density at radius 1 is 1.47 bits per heavy atom. The topological polar surface area (TPSA) is 38.8 Å². The van der Waals surface area contributed by atoms with Crippen molar-refractivity contribution in [3.63, 3.8) is 0 Å². The third kappa shape index (κ3) is 2.91. The molecule has 0 radical (unpaired) electrons. The van der Waals surface area contributed by atoms with Gasteiger partial charge in [0.1, 0.15) is 6.61 Å². The number of amides is 1. The minimum absolute atomic E-state index is 0.0347. The van der Waals surface area contributed by atoms with Crippen molar-refractivity contribution >= 4 is 21.8 Å². The highest BCUT2D eigenvalue weighted by atomic mass is 79.9. The third-order valence-corrected chi connectivity index (χ3v) is 3.06. The first-order valence-electron chi connectivity index (χ1n) is 5.39. The van der Waals surface area contributed by atoms with Gasteiger partial charge in [0.15, 0.2) is 17.6 Å². The minimum atomic E-state index is -0.113. The molecule has 0 N–H and O–H groups in total. The van der Waals surface area contributed by atoms with Crippen LogP contribution in [0.2, 0.25) is 0 Å². The predicted octanol–water partition coefficient (Wildman–Crippen LogP) is 1.68. The number of para-hydroxylation sites is 2. The van der Waals surface area contributed by atoms with E-state index in [4.69, 9.17) is 9.47 Å². The molecule has 1 heterocycles. The lowest BCUT2D eigenvalue weighted by Crippen LogP contribution is -2.42. The van der Waals surface area contributed by atoms with Crippen molar-refractivity contribution in [3.05, 3.63) is 24.3 Å². The fourth-order valence-electron chi connectivity index (χ4n) is 1.66. The summed E-state index contributed by atoms with van der Waals surface area (Å²) in [5.74, 6) is 1.54. The zero-order chi connectivity index (χ0) is 12.3. The van der Waals surface area contributed by atoms with Gasteiger partial charge in [-0.15, -0.1) is 0 Å². The summed E-state index contributed by atoms with van der Waals surface area (Å²) in [4.78, 5) is 13.0. The van der Waals surface area contributed by atoms with E-state index >= 15 is 0 Å². The van der Waals surface area contributed by atoms with Crippen molar-refractivity contribution in [2.24, 2.45) is 0 Å². The number of carbonyl (C=O) groups is 1. The van der Waals surface area contributed by atoms with Gasteiger partial charge in [0.05, 0.1) is 11.9 Å². The van der Waals surface area contributed by atoms with E-state index in [0.29, 0.717) is 18.5 Å². The number of rotatable bonds is 3. The highest BCUT2D eigenvalue weighted by Gasteiger charge is 2.23. The largest absolute Gasteiger partial charge is 0.486 e. The summed E-state index contributed by atoms with van der Waals surface area (Å²) in [6.07, 6.45) is -0.113. The molecule has 0 aromatic heterocycles. The van der Waals surface area contributed by atoms with Crippen LogP contribution in [0.15, 0.2) is 24.3 Å². The molecule has 17 heavy (non-hydrogen) atoms. The fourth-order valence-corrected chi connectivity index (χ4v) is 2.09. The van der Waals surface area contributed by atoms with Crippen molar-refractivity contribution in [1.29, 1.82) is 0 Å². The Morgan fingerprint density at radius 3 is 2.88 bits per heavy atom. The van der Waals surface area contributed by atoms with Crippen molar-refractivity contribution in [2.75, 3.05) is 25.5 Å². The maximum absolute atomic E-state index is 11.4. The van der Waals surface area contributed by atoms with E-state index in [9.17, 15) is 4.79 Å². The number of hydrogen-bond donors (Lipinski definition) is 0. The Balaban J connectivity index is 1.96. The molecule has 1 amide bonds. The smallest absolute Gasteiger partial charge is 0.233 e. The summed E-state index contributed by atoms with van der Waals surface area (Å²) in [6, 6.07) is 7.55. The number of likely N-dealkylation sites (N-methyl/N-ethyl adjacent to an activating group) is 1. The van der Waals surface area contributed by atoms with Gasteiger partial charge in [-0.25, -0.2) is 0 Å². The molecule has 1 aromatic rings. The molecular weight excluding hydrogens is 286 g/mol. The van der Waals surface area contributed by atoms with Gasteiger partial charge in [0.25, 0.3) is 0 Å². The highest BCUT2D eigenvalue weighted by Crippen LogP contribution is 2.30. The predicted molar refractivity (Wildman–Crippen MR) is 67.8 cm³/mol. The van der Waals surface area contributed by atoms with E-state index < -0.39 is 0 Å². The number of carbonyl (C=O) groups excluding carboxylic acids is 1.